The van der Waals surface area contributed by atoms with Gasteiger partial charge in [-0.3, -0.25) is 9.52 Å². The van der Waals surface area contributed by atoms with Crippen molar-refractivity contribution in [3.63, 3.8) is 0 Å². The normalized spacial score (nSPS) is 13.7. The lowest BCUT2D eigenvalue weighted by atomic mass is 10.2. The van der Waals surface area contributed by atoms with E-state index in [1.54, 1.807) is 18.2 Å². The van der Waals surface area contributed by atoms with Crippen LogP contribution >= 0.6 is 27.5 Å². The van der Waals surface area contributed by atoms with E-state index in [1.807, 2.05) is 13.0 Å². The number of carbonyl (C=O) groups excluding carboxylic acids is 1. The molecule has 2 aromatic carbocycles. The second-order valence-corrected chi connectivity index (χ2v) is 8.89. The number of hydrogen-bond acceptors (Lipinski definition) is 3. The van der Waals surface area contributed by atoms with Crippen LogP contribution in [0.2, 0.25) is 5.02 Å². The summed E-state index contributed by atoms with van der Waals surface area (Å²) in [6.45, 7) is 3.77. The van der Waals surface area contributed by atoms with Crippen LogP contribution in [0.1, 0.15) is 18.1 Å². The van der Waals surface area contributed by atoms with Crippen LogP contribution in [0.5, 0.6) is 0 Å². The third kappa shape index (κ3) is 3.54. The maximum Gasteiger partial charge on any atom is 0.264 e. The van der Waals surface area contributed by atoms with Crippen LogP contribution in [0.3, 0.4) is 0 Å². The summed E-state index contributed by atoms with van der Waals surface area (Å²) in [4.78, 5) is 13.5. The summed E-state index contributed by atoms with van der Waals surface area (Å²) in [6.07, 6.45) is 0.613. The molecule has 1 heterocycles. The Kier molecular flexibility index (Phi) is 4.83. The van der Waals surface area contributed by atoms with E-state index in [9.17, 15) is 13.2 Å². The molecule has 1 aliphatic heterocycles. The van der Waals surface area contributed by atoms with Crippen molar-refractivity contribution in [3.8, 4) is 0 Å². The molecule has 1 amide bonds. The van der Waals surface area contributed by atoms with Crippen molar-refractivity contribution >= 4 is 54.8 Å². The zero-order valence-corrected chi connectivity index (χ0v) is 16.8. The highest BCUT2D eigenvalue weighted by Gasteiger charge is 2.31. The van der Waals surface area contributed by atoms with E-state index in [0.717, 1.165) is 11.1 Å². The van der Waals surface area contributed by atoms with Gasteiger partial charge in [0.25, 0.3) is 10.0 Å². The molecule has 0 fully saturated rings. The van der Waals surface area contributed by atoms with Crippen LogP contribution in [-0.4, -0.2) is 20.9 Å². The molecule has 8 heteroatoms. The van der Waals surface area contributed by atoms with Gasteiger partial charge in [-0.05, 0) is 48.7 Å². The Balaban J connectivity index is 2.10. The smallest absolute Gasteiger partial charge is 0.264 e. The molecule has 0 aromatic heterocycles. The van der Waals surface area contributed by atoms with E-state index in [0.29, 0.717) is 33.8 Å². The Morgan fingerprint density at radius 2 is 2.00 bits per heavy atom. The fraction of sp³-hybridized carbons (Fsp3) is 0.235. The Hall–Kier alpha value is -1.57. The summed E-state index contributed by atoms with van der Waals surface area (Å²) in [6, 6.07) is 8.43. The number of sulfonamides is 1. The number of benzene rings is 2. The van der Waals surface area contributed by atoms with Crippen LogP contribution in [0.4, 0.5) is 11.4 Å². The minimum Gasteiger partial charge on any atom is -0.311 e. The van der Waals surface area contributed by atoms with Gasteiger partial charge in [-0.25, -0.2) is 8.42 Å². The Bertz CT molecular complexity index is 976. The zero-order valence-electron chi connectivity index (χ0n) is 13.6. The molecule has 0 spiro atoms. The SMILES string of the molecule is CC(=O)N1CCc2cc(Br)cc(S(=O)(=O)Nc3ccc(C)cc3Cl)c21. The largest absolute Gasteiger partial charge is 0.311 e. The first-order valence-corrected chi connectivity index (χ1v) is 10.2. The van der Waals surface area contributed by atoms with E-state index in [1.165, 1.54) is 17.9 Å². The molecular weight excluding hydrogens is 428 g/mol. The van der Waals surface area contributed by atoms with E-state index < -0.39 is 10.0 Å². The number of fused-ring (bicyclic) bond motifs is 1. The van der Waals surface area contributed by atoms with Crippen molar-refractivity contribution in [3.05, 3.63) is 51.0 Å². The minimum atomic E-state index is -3.92. The van der Waals surface area contributed by atoms with Gasteiger partial charge in [0.2, 0.25) is 5.91 Å². The van der Waals surface area contributed by atoms with Crippen molar-refractivity contribution in [1.82, 2.24) is 0 Å². The number of aryl methyl sites for hydroxylation is 1. The number of halogens is 2. The van der Waals surface area contributed by atoms with Gasteiger partial charge < -0.3 is 4.90 Å². The molecule has 3 rings (SSSR count). The second kappa shape index (κ2) is 6.63. The summed E-state index contributed by atoms with van der Waals surface area (Å²) < 4.78 is 29.2. The lowest BCUT2D eigenvalue weighted by Gasteiger charge is -2.20. The summed E-state index contributed by atoms with van der Waals surface area (Å²) >= 11 is 9.50. The highest BCUT2D eigenvalue weighted by Crippen LogP contribution is 2.38. The van der Waals surface area contributed by atoms with Crippen LogP contribution in [0, 0.1) is 6.92 Å². The van der Waals surface area contributed by atoms with Gasteiger partial charge in [0.05, 0.1) is 16.4 Å². The van der Waals surface area contributed by atoms with E-state index >= 15 is 0 Å². The lowest BCUT2D eigenvalue weighted by Crippen LogP contribution is -2.28. The van der Waals surface area contributed by atoms with Crippen molar-refractivity contribution in [2.24, 2.45) is 0 Å². The van der Waals surface area contributed by atoms with Crippen LogP contribution in [0.25, 0.3) is 0 Å². The Morgan fingerprint density at radius 1 is 1.28 bits per heavy atom. The molecule has 2 aromatic rings. The number of anilines is 2. The summed E-state index contributed by atoms with van der Waals surface area (Å²) in [5.74, 6) is -0.189. The predicted octanol–water partition coefficient (Wildman–Crippen LogP) is 4.12. The second-order valence-electron chi connectivity index (χ2n) is 5.92. The molecule has 0 saturated carbocycles. The average Bonchev–Trinajstić information content (AvgIpc) is 2.93. The molecule has 0 saturated heterocycles. The van der Waals surface area contributed by atoms with E-state index in [-0.39, 0.29) is 10.8 Å². The number of amides is 1. The van der Waals surface area contributed by atoms with Gasteiger partial charge in [0, 0.05) is 17.9 Å². The molecule has 0 aliphatic carbocycles. The molecule has 25 heavy (non-hydrogen) atoms. The van der Waals surface area contributed by atoms with Crippen molar-refractivity contribution in [2.45, 2.75) is 25.2 Å². The molecule has 1 aliphatic rings. The monoisotopic (exact) mass is 442 g/mol. The third-order valence-electron chi connectivity index (χ3n) is 4.03. The average molecular weight is 444 g/mol. The van der Waals surface area contributed by atoms with E-state index in [4.69, 9.17) is 11.6 Å². The number of rotatable bonds is 3. The van der Waals surface area contributed by atoms with Gasteiger partial charge >= 0.3 is 0 Å². The first-order chi connectivity index (χ1) is 11.7. The first-order valence-electron chi connectivity index (χ1n) is 7.58. The molecule has 132 valence electrons. The fourth-order valence-electron chi connectivity index (χ4n) is 2.89. The number of carbonyl (C=O) groups is 1. The van der Waals surface area contributed by atoms with Crippen molar-refractivity contribution in [1.29, 1.82) is 0 Å². The van der Waals surface area contributed by atoms with E-state index in [2.05, 4.69) is 20.7 Å². The molecular formula is C17H16BrClN2O3S. The summed E-state index contributed by atoms with van der Waals surface area (Å²) in [5, 5.41) is 0.318. The first kappa shape index (κ1) is 18.2. The maximum absolute atomic E-state index is 13.0. The predicted molar refractivity (Wildman–Crippen MR) is 103 cm³/mol. The quantitative estimate of drug-likeness (QED) is 0.776. The zero-order chi connectivity index (χ0) is 18.4. The number of nitrogens with one attached hydrogen (secondary N) is 1. The molecule has 0 atom stereocenters. The Morgan fingerprint density at radius 3 is 2.64 bits per heavy atom. The standard InChI is InChI=1S/C17H16BrClN2O3S/c1-10-3-4-15(14(19)7-10)20-25(23,24)16-9-13(18)8-12-5-6-21(11(2)22)17(12)16/h3-4,7-9,20H,5-6H2,1-2H3. The third-order valence-corrected chi connectivity index (χ3v) is 6.18. The summed E-state index contributed by atoms with van der Waals surface area (Å²) in [5.41, 5.74) is 2.49. The molecule has 1 N–H and O–H groups in total. The van der Waals surface area contributed by atoms with Crippen LogP contribution < -0.4 is 9.62 Å². The van der Waals surface area contributed by atoms with Gasteiger partial charge in [0.1, 0.15) is 4.90 Å². The maximum atomic E-state index is 13.0. The fourth-order valence-corrected chi connectivity index (χ4v) is 5.24. The molecule has 0 unspecified atom stereocenters. The van der Waals surface area contributed by atoms with Crippen molar-refractivity contribution < 1.29 is 13.2 Å². The minimum absolute atomic E-state index is 0.0567. The van der Waals surface area contributed by atoms with Gasteiger partial charge in [-0.2, -0.15) is 0 Å². The summed E-state index contributed by atoms with van der Waals surface area (Å²) in [7, 11) is -3.92. The topological polar surface area (TPSA) is 66.5 Å². The van der Waals surface area contributed by atoms with Gasteiger partial charge in [0.15, 0.2) is 0 Å². The highest BCUT2D eigenvalue weighted by molar-refractivity contribution is 9.10. The molecule has 0 bridgehead atoms. The number of nitrogens with zero attached hydrogens (tertiary/aromatic N) is 1. The van der Waals surface area contributed by atoms with Crippen LogP contribution in [0.15, 0.2) is 39.7 Å². The highest BCUT2D eigenvalue weighted by atomic mass is 79.9. The molecule has 0 radical (unpaired) electrons. The molecule has 5 nitrogen and oxygen atoms in total. The lowest BCUT2D eigenvalue weighted by molar-refractivity contribution is -0.116. The Labute approximate surface area is 160 Å². The van der Waals surface area contributed by atoms with Crippen molar-refractivity contribution in [2.75, 3.05) is 16.2 Å². The number of hydrogen-bond donors (Lipinski definition) is 1. The van der Waals surface area contributed by atoms with Crippen LogP contribution in [-0.2, 0) is 21.2 Å². The van der Waals surface area contributed by atoms with Gasteiger partial charge in [-0.1, -0.05) is 33.6 Å². The van der Waals surface area contributed by atoms with Gasteiger partial charge in [-0.15, -0.1) is 0 Å².